The summed E-state index contributed by atoms with van der Waals surface area (Å²) in [5, 5.41) is 15.2. The van der Waals surface area contributed by atoms with E-state index in [1.807, 2.05) is 0 Å². The van der Waals surface area contributed by atoms with Crippen molar-refractivity contribution in [2.45, 2.75) is 0 Å². The third-order valence-corrected chi connectivity index (χ3v) is 0.349. The van der Waals surface area contributed by atoms with Crippen LogP contribution in [-0.4, -0.2) is 22.2 Å². The minimum absolute atomic E-state index is 0.833. The lowest BCUT2D eigenvalue weighted by Crippen LogP contribution is -1.82. The van der Waals surface area contributed by atoms with Gasteiger partial charge >= 0.3 is 11.9 Å². The molecule has 0 aliphatic heterocycles. The number of hydrogen-bond acceptors (Lipinski definition) is 2. The molecule has 16 heavy (non-hydrogen) atoms. The van der Waals surface area contributed by atoms with Crippen molar-refractivity contribution in [3.63, 3.8) is 0 Å². The van der Waals surface area contributed by atoms with Gasteiger partial charge in [0.1, 0.15) is 0 Å². The van der Waals surface area contributed by atoms with Crippen LogP contribution in [0.2, 0.25) is 0 Å². The molecular formula is C12H16O4. The molecule has 0 aliphatic rings. The Kier molecular flexibility index (Phi) is 42.9. The summed E-state index contributed by atoms with van der Waals surface area (Å²) in [5.41, 5.74) is 4.50. The Hall–Kier alpha value is -2.54. The number of aliphatic carboxylic acids is 2. The predicted octanol–water partition coefficient (Wildman–Crippen LogP) is 2.43. The molecule has 0 aromatic carbocycles. The van der Waals surface area contributed by atoms with Gasteiger partial charge in [-0.3, -0.25) is 0 Å². The average molecular weight is 224 g/mol. The summed E-state index contributed by atoms with van der Waals surface area (Å²) in [6, 6.07) is 0. The molecule has 0 fully saturated rings. The second kappa shape index (κ2) is 29.4. The molecule has 0 atom stereocenters. The molecule has 0 saturated heterocycles. The molecule has 0 saturated carbocycles. The second-order valence-corrected chi connectivity index (χ2v) is 1.58. The van der Waals surface area contributed by atoms with Crippen molar-refractivity contribution in [2.75, 3.05) is 0 Å². The third-order valence-electron chi connectivity index (χ3n) is 0.349. The standard InChI is InChI=1S/2C3H4O2.2C3H4/c2*1-2-3(4)5;2*1-3-2/h2*2H,1H2,(H,4,5);2*1-2H2. The molecule has 4 nitrogen and oxygen atoms in total. The lowest BCUT2D eigenvalue weighted by molar-refractivity contribution is -0.132. The Morgan fingerprint density at radius 3 is 0.875 bits per heavy atom. The molecule has 4 heteroatoms. The van der Waals surface area contributed by atoms with E-state index in [4.69, 9.17) is 10.2 Å². The number of carboxylic acid groups (broad SMARTS) is 2. The Balaban J connectivity index is -0.0000000621. The summed E-state index contributed by atoms with van der Waals surface area (Å²) in [5.74, 6) is -1.96. The van der Waals surface area contributed by atoms with Gasteiger partial charge in [0.05, 0.1) is 0 Å². The molecule has 0 amide bonds. The van der Waals surface area contributed by atoms with Crippen molar-refractivity contribution in [1.29, 1.82) is 0 Å². The van der Waals surface area contributed by atoms with Crippen molar-refractivity contribution < 1.29 is 19.8 Å². The predicted molar refractivity (Wildman–Crippen MR) is 65.2 cm³/mol. The fraction of sp³-hybridized carbons (Fsp3) is 0. The summed E-state index contributed by atoms with van der Waals surface area (Å²) in [6.45, 7) is 18.4. The van der Waals surface area contributed by atoms with E-state index < -0.39 is 11.9 Å². The zero-order valence-corrected chi connectivity index (χ0v) is 9.11. The van der Waals surface area contributed by atoms with Crippen molar-refractivity contribution >= 4 is 11.9 Å². The van der Waals surface area contributed by atoms with E-state index in [1.165, 1.54) is 0 Å². The minimum Gasteiger partial charge on any atom is -0.478 e. The first-order valence-electron chi connectivity index (χ1n) is 3.66. The van der Waals surface area contributed by atoms with Crippen LogP contribution in [0.5, 0.6) is 0 Å². The highest BCUT2D eigenvalue weighted by Crippen LogP contribution is 1.55. The van der Waals surface area contributed by atoms with Gasteiger partial charge in [0.2, 0.25) is 0 Å². The van der Waals surface area contributed by atoms with Crippen LogP contribution >= 0.6 is 0 Å². The lowest BCUT2D eigenvalue weighted by Gasteiger charge is -1.64. The van der Waals surface area contributed by atoms with Gasteiger partial charge in [0, 0.05) is 12.2 Å². The molecule has 0 heterocycles. The zero-order chi connectivity index (χ0) is 14.0. The number of carbonyl (C=O) groups is 2. The number of rotatable bonds is 2. The van der Waals surface area contributed by atoms with E-state index in [0.29, 0.717) is 0 Å². The van der Waals surface area contributed by atoms with Gasteiger partial charge in [-0.1, -0.05) is 39.5 Å². The summed E-state index contributed by atoms with van der Waals surface area (Å²) < 4.78 is 0. The molecule has 0 aromatic heterocycles. The van der Waals surface area contributed by atoms with Gasteiger partial charge in [0.15, 0.2) is 0 Å². The fourth-order valence-corrected chi connectivity index (χ4v) is 0. The van der Waals surface area contributed by atoms with E-state index in [1.54, 1.807) is 0 Å². The first-order valence-corrected chi connectivity index (χ1v) is 3.66. The maximum atomic E-state index is 9.25. The third kappa shape index (κ3) is 588. The number of hydrogen-bond donors (Lipinski definition) is 2. The second-order valence-electron chi connectivity index (χ2n) is 1.58. The van der Waals surface area contributed by atoms with Crippen molar-refractivity contribution in [1.82, 2.24) is 0 Å². The van der Waals surface area contributed by atoms with Crippen LogP contribution in [0.15, 0.2) is 63.1 Å². The first kappa shape index (κ1) is 23.4. The molecule has 2 N–H and O–H groups in total. The molecule has 0 unspecified atom stereocenters. The van der Waals surface area contributed by atoms with E-state index in [-0.39, 0.29) is 0 Å². The average Bonchev–Trinajstić information content (AvgIpc) is 2.21. The molecule has 0 aliphatic carbocycles. The molecule has 0 radical (unpaired) electrons. The van der Waals surface area contributed by atoms with Gasteiger partial charge in [-0.25, -0.2) is 9.59 Å². The smallest absolute Gasteiger partial charge is 0.327 e. The lowest BCUT2D eigenvalue weighted by atomic mass is 10.7. The van der Waals surface area contributed by atoms with Crippen molar-refractivity contribution in [2.24, 2.45) is 0 Å². The van der Waals surface area contributed by atoms with Gasteiger partial charge in [-0.2, -0.15) is 0 Å². The fourth-order valence-electron chi connectivity index (χ4n) is 0. The van der Waals surface area contributed by atoms with Crippen LogP contribution in [-0.2, 0) is 9.59 Å². The monoisotopic (exact) mass is 224 g/mol. The Labute approximate surface area is 95.5 Å². The largest absolute Gasteiger partial charge is 0.478 e. The van der Waals surface area contributed by atoms with Crippen LogP contribution in [0.4, 0.5) is 0 Å². The van der Waals surface area contributed by atoms with E-state index in [2.05, 4.69) is 50.9 Å². The molecule has 88 valence electrons. The van der Waals surface area contributed by atoms with Crippen LogP contribution in [0.25, 0.3) is 0 Å². The van der Waals surface area contributed by atoms with E-state index >= 15 is 0 Å². The highest BCUT2D eigenvalue weighted by Gasteiger charge is 1.73. The Morgan fingerprint density at radius 2 is 0.875 bits per heavy atom. The number of carboxylic acids is 2. The first-order chi connectivity index (χ1) is 7.37. The SMILES string of the molecule is C=C=C.C=C=C.C=CC(=O)O.C=CC(=O)O. The molecule has 0 aromatic rings. The molecular weight excluding hydrogens is 208 g/mol. The molecule has 0 bridgehead atoms. The van der Waals surface area contributed by atoms with Gasteiger partial charge in [0.25, 0.3) is 0 Å². The van der Waals surface area contributed by atoms with Crippen molar-refractivity contribution in [3.05, 3.63) is 63.1 Å². The molecule has 0 rings (SSSR count). The zero-order valence-electron chi connectivity index (χ0n) is 9.11. The van der Waals surface area contributed by atoms with E-state index in [9.17, 15) is 9.59 Å². The maximum absolute atomic E-state index is 9.25. The minimum atomic E-state index is -0.981. The summed E-state index contributed by atoms with van der Waals surface area (Å²) >= 11 is 0. The highest BCUT2D eigenvalue weighted by molar-refractivity contribution is 5.79. The molecule has 0 spiro atoms. The Morgan fingerprint density at radius 1 is 0.812 bits per heavy atom. The summed E-state index contributed by atoms with van der Waals surface area (Å²) in [6.07, 6.45) is 1.67. The summed E-state index contributed by atoms with van der Waals surface area (Å²) in [4.78, 5) is 18.5. The van der Waals surface area contributed by atoms with Crippen LogP contribution in [0.3, 0.4) is 0 Å². The highest BCUT2D eigenvalue weighted by atomic mass is 16.4. The van der Waals surface area contributed by atoms with Crippen LogP contribution < -0.4 is 0 Å². The van der Waals surface area contributed by atoms with Gasteiger partial charge in [-0.15, -0.1) is 11.5 Å². The maximum Gasteiger partial charge on any atom is 0.327 e. The quantitative estimate of drug-likeness (QED) is 0.558. The topological polar surface area (TPSA) is 74.6 Å². The van der Waals surface area contributed by atoms with Crippen molar-refractivity contribution in [3.8, 4) is 0 Å². The normalized spacial score (nSPS) is 5.00. The van der Waals surface area contributed by atoms with Crippen LogP contribution in [0.1, 0.15) is 0 Å². The Bertz CT molecular complexity index is 245. The van der Waals surface area contributed by atoms with Gasteiger partial charge < -0.3 is 10.2 Å². The summed E-state index contributed by atoms with van der Waals surface area (Å²) in [7, 11) is 0. The van der Waals surface area contributed by atoms with Gasteiger partial charge in [-0.05, 0) is 0 Å². The van der Waals surface area contributed by atoms with E-state index in [0.717, 1.165) is 12.2 Å². The van der Waals surface area contributed by atoms with Crippen LogP contribution in [0, 0.1) is 0 Å².